The van der Waals surface area contributed by atoms with Crippen molar-refractivity contribution in [3.8, 4) is 0 Å². The molecule has 4 atom stereocenters. The van der Waals surface area contributed by atoms with E-state index >= 15 is 0 Å². The molecule has 0 aliphatic rings. The van der Waals surface area contributed by atoms with Crippen molar-refractivity contribution in [2.24, 2.45) is 0 Å². The molecular formula is C52H48P4Pd. The van der Waals surface area contributed by atoms with Gasteiger partial charge in [0.15, 0.2) is 0 Å². The van der Waals surface area contributed by atoms with Crippen molar-refractivity contribution in [3.05, 3.63) is 287 Å². The van der Waals surface area contributed by atoms with Crippen molar-refractivity contribution >= 4 is 27.1 Å². The van der Waals surface area contributed by atoms with Crippen LogP contribution in [0, 0.1) is 0 Å². The molecule has 0 aliphatic carbocycles. The molecule has 0 spiro atoms. The first-order chi connectivity index (χ1) is 28.2. The number of rotatable bonds is 16. The van der Waals surface area contributed by atoms with Crippen LogP contribution >= 0.6 is 27.1 Å². The molecular weight excluding hydrogens is 855 g/mol. The van der Waals surface area contributed by atoms with Gasteiger partial charge in [0.1, 0.15) is 0 Å². The molecule has 0 radical (unpaired) electrons. The van der Waals surface area contributed by atoms with Gasteiger partial charge >= 0.3 is 350 Å². The molecule has 0 nitrogen and oxygen atoms in total. The fraction of sp³-hybridized carbons (Fsp3) is 0.0769. The van der Waals surface area contributed by atoms with Gasteiger partial charge in [-0.2, -0.15) is 0 Å². The predicted octanol–water partition coefficient (Wildman–Crippen LogP) is 15.7. The van der Waals surface area contributed by atoms with Crippen LogP contribution in [0.5, 0.6) is 0 Å². The van der Waals surface area contributed by atoms with Gasteiger partial charge in [0.05, 0.1) is 0 Å². The van der Waals surface area contributed by atoms with Crippen LogP contribution in [0.4, 0.5) is 0 Å². The van der Waals surface area contributed by atoms with Gasteiger partial charge in [-0.05, 0) is 0 Å². The van der Waals surface area contributed by atoms with Crippen LogP contribution in [-0.4, -0.2) is 0 Å². The molecule has 0 heterocycles. The maximum atomic E-state index is 2.39. The molecule has 0 fully saturated rings. The average molecular weight is 903 g/mol. The van der Waals surface area contributed by atoms with Gasteiger partial charge < -0.3 is 0 Å². The summed E-state index contributed by atoms with van der Waals surface area (Å²) in [4.78, 5) is 0. The number of hydrogen-bond acceptors (Lipinski definition) is 0. The molecule has 5 heteroatoms. The summed E-state index contributed by atoms with van der Waals surface area (Å²) in [6.45, 7) is 3.10. The molecule has 0 amide bonds. The zero-order valence-corrected chi connectivity index (χ0v) is 37.3. The van der Waals surface area contributed by atoms with E-state index in [0.29, 0.717) is 22.6 Å². The summed E-state index contributed by atoms with van der Waals surface area (Å²) in [6, 6.07) is 91.6. The van der Waals surface area contributed by atoms with Crippen LogP contribution in [0.1, 0.15) is 67.1 Å². The summed E-state index contributed by atoms with van der Waals surface area (Å²) in [5, 5.41) is 0. The Morgan fingerprint density at radius 1 is 0.193 bits per heavy atom. The van der Waals surface area contributed by atoms with Gasteiger partial charge in [-0.15, -0.1) is 0 Å². The average Bonchev–Trinajstić information content (AvgIpc) is 3.31. The van der Waals surface area contributed by atoms with E-state index in [1.807, 2.05) is 0 Å². The second-order valence-electron chi connectivity index (χ2n) is 13.9. The Labute approximate surface area is 348 Å². The Morgan fingerprint density at radius 3 is 0.439 bits per heavy atom. The van der Waals surface area contributed by atoms with E-state index in [1.54, 1.807) is 0 Å². The molecule has 4 unspecified atom stereocenters. The standard InChI is InChI=1S/4C13H12P.Pd/c4*14-13(11-7-3-1-4-8-11)12-9-5-2-6-10-12;/h4*1-10,13-14H;/q4*-1;+4. The molecule has 57 heavy (non-hydrogen) atoms. The van der Waals surface area contributed by atoms with Crippen LogP contribution in [-0.2, 0) is 13.6 Å². The van der Waals surface area contributed by atoms with Gasteiger partial charge in [-0.1, -0.05) is 0 Å². The molecule has 0 aromatic heterocycles. The van der Waals surface area contributed by atoms with Crippen LogP contribution in [0.3, 0.4) is 0 Å². The normalized spacial score (nSPS) is 14.0. The topological polar surface area (TPSA) is 0 Å². The van der Waals surface area contributed by atoms with E-state index in [4.69, 9.17) is 0 Å². The number of benzene rings is 8. The van der Waals surface area contributed by atoms with Gasteiger partial charge in [-0.25, -0.2) is 0 Å². The number of hydrogen-bond donors (Lipinski definition) is 0. The Hall–Kier alpha value is -3.86. The molecule has 0 bridgehead atoms. The summed E-state index contributed by atoms with van der Waals surface area (Å²) in [6.07, 6.45) is 0. The SMILES string of the molecule is c1ccc(C([PH][Pd]([PH]C(c2ccccc2)c2ccccc2)([PH]C(c2ccccc2)c2ccccc2)[PH]C(c2ccccc2)c2ccccc2)c2ccccc2)cc1. The van der Waals surface area contributed by atoms with E-state index in [0.717, 1.165) is 27.1 Å². The van der Waals surface area contributed by atoms with E-state index in [9.17, 15) is 0 Å². The van der Waals surface area contributed by atoms with E-state index in [1.165, 1.54) is 44.5 Å². The third-order valence-corrected chi connectivity index (χ3v) is 47.4. The van der Waals surface area contributed by atoms with Crippen molar-refractivity contribution in [1.82, 2.24) is 0 Å². The third-order valence-electron chi connectivity index (χ3n) is 9.98. The Bertz CT molecular complexity index is 1850. The molecule has 286 valence electrons. The fourth-order valence-electron chi connectivity index (χ4n) is 7.06. The Balaban J connectivity index is 1.40. The van der Waals surface area contributed by atoms with Gasteiger partial charge in [0.25, 0.3) is 0 Å². The van der Waals surface area contributed by atoms with Crippen LogP contribution in [0.25, 0.3) is 0 Å². The monoisotopic (exact) mass is 902 g/mol. The van der Waals surface area contributed by atoms with Gasteiger partial charge in [-0.3, -0.25) is 0 Å². The van der Waals surface area contributed by atoms with E-state index in [-0.39, 0.29) is 0 Å². The molecule has 8 aromatic rings. The molecule has 0 saturated heterocycles. The summed E-state index contributed by atoms with van der Waals surface area (Å²) >= 11 is -2.59. The van der Waals surface area contributed by atoms with Gasteiger partial charge in [0, 0.05) is 0 Å². The van der Waals surface area contributed by atoms with Gasteiger partial charge in [0.2, 0.25) is 0 Å². The third kappa shape index (κ3) is 10.4. The van der Waals surface area contributed by atoms with Crippen LogP contribution in [0.2, 0.25) is 0 Å². The van der Waals surface area contributed by atoms with Crippen LogP contribution < -0.4 is 0 Å². The zero-order valence-electron chi connectivity index (χ0n) is 31.7. The van der Waals surface area contributed by atoms with Crippen molar-refractivity contribution in [2.75, 3.05) is 0 Å². The maximum absolute atomic E-state index is 2.59. The molecule has 0 aliphatic heterocycles. The molecule has 0 N–H and O–H groups in total. The minimum atomic E-state index is -2.59. The summed E-state index contributed by atoms with van der Waals surface area (Å²) < 4.78 is 0. The first-order valence-electron chi connectivity index (χ1n) is 19.4. The Morgan fingerprint density at radius 2 is 0.316 bits per heavy atom. The summed E-state index contributed by atoms with van der Waals surface area (Å²) in [5.74, 6) is 0. The first-order valence-corrected chi connectivity index (χ1v) is 32.3. The predicted molar refractivity (Wildman–Crippen MR) is 252 cm³/mol. The second kappa shape index (κ2) is 20.2. The first kappa shape index (κ1) is 39.9. The zero-order chi connectivity index (χ0) is 38.5. The van der Waals surface area contributed by atoms with Crippen molar-refractivity contribution < 1.29 is 13.6 Å². The van der Waals surface area contributed by atoms with Crippen molar-refractivity contribution in [1.29, 1.82) is 0 Å². The summed E-state index contributed by atoms with van der Waals surface area (Å²) in [5.41, 5.74) is 12.7. The summed E-state index contributed by atoms with van der Waals surface area (Å²) in [7, 11) is 0. The minimum absolute atomic E-state index is 0.309. The quantitative estimate of drug-likeness (QED) is 0.0669. The fourth-order valence-corrected chi connectivity index (χ4v) is 52.5. The van der Waals surface area contributed by atoms with Crippen molar-refractivity contribution in [2.45, 2.75) is 22.6 Å². The van der Waals surface area contributed by atoms with Crippen LogP contribution in [0.15, 0.2) is 243 Å². The molecule has 0 saturated carbocycles. The van der Waals surface area contributed by atoms with E-state index in [2.05, 4.69) is 243 Å². The molecule has 8 rings (SSSR count). The molecule has 8 aromatic carbocycles. The van der Waals surface area contributed by atoms with Crippen molar-refractivity contribution in [3.63, 3.8) is 0 Å². The Kier molecular flexibility index (Phi) is 14.2. The second-order valence-corrected chi connectivity index (χ2v) is 47.1. The van der Waals surface area contributed by atoms with E-state index < -0.39 is 13.6 Å².